The van der Waals surface area contributed by atoms with E-state index in [0.717, 1.165) is 11.4 Å². The fourth-order valence-corrected chi connectivity index (χ4v) is 1.60. The number of anilines is 2. The molecule has 4 nitrogen and oxygen atoms in total. The molecule has 2 rings (SSSR count). The van der Waals surface area contributed by atoms with Gasteiger partial charge in [-0.05, 0) is 30.3 Å². The summed E-state index contributed by atoms with van der Waals surface area (Å²) in [7, 11) is 1.59. The average Bonchev–Trinajstić information content (AvgIpc) is 2.40. The van der Waals surface area contributed by atoms with Crippen molar-refractivity contribution >= 4 is 17.3 Å². The Labute approximate surface area is 105 Å². The van der Waals surface area contributed by atoms with Gasteiger partial charge in [0.15, 0.2) is 0 Å². The quantitative estimate of drug-likeness (QED) is 0.888. The molecule has 0 spiro atoms. The molecule has 0 aromatic heterocycles. The lowest BCUT2D eigenvalue weighted by atomic mass is 10.1. The number of carboxylic acids is 1. The Morgan fingerprint density at radius 2 is 1.78 bits per heavy atom. The molecule has 2 aromatic rings. The van der Waals surface area contributed by atoms with E-state index >= 15 is 0 Å². The van der Waals surface area contributed by atoms with E-state index in [-0.39, 0.29) is 5.56 Å². The smallest absolute Gasteiger partial charge is 0.119 e. The Bertz CT molecular complexity index is 549. The molecule has 0 atom stereocenters. The minimum absolute atomic E-state index is 0.133. The molecule has 0 amide bonds. The Kier molecular flexibility index (Phi) is 3.48. The van der Waals surface area contributed by atoms with Crippen LogP contribution >= 0.6 is 0 Å². The molecule has 0 fully saturated rings. The Morgan fingerprint density at radius 1 is 1.11 bits per heavy atom. The van der Waals surface area contributed by atoms with Crippen LogP contribution in [-0.2, 0) is 0 Å². The summed E-state index contributed by atoms with van der Waals surface area (Å²) in [5.74, 6) is -0.458. The molecule has 4 heteroatoms. The normalized spacial score (nSPS) is 9.83. The first-order valence-electron chi connectivity index (χ1n) is 5.42. The number of methoxy groups -OCH3 is 1. The SMILES string of the molecule is COc1ccc(Nc2ccccc2C(=O)[O-])cc1. The van der Waals surface area contributed by atoms with Crippen LogP contribution in [0, 0.1) is 0 Å². The second kappa shape index (κ2) is 5.23. The van der Waals surface area contributed by atoms with Crippen LogP contribution in [0.3, 0.4) is 0 Å². The number of nitrogens with one attached hydrogen (secondary N) is 1. The van der Waals surface area contributed by atoms with E-state index in [1.54, 1.807) is 37.4 Å². The van der Waals surface area contributed by atoms with Crippen molar-refractivity contribution in [3.8, 4) is 5.75 Å². The second-order valence-corrected chi connectivity index (χ2v) is 3.69. The number of ether oxygens (including phenoxy) is 1. The first-order valence-corrected chi connectivity index (χ1v) is 5.42. The summed E-state index contributed by atoms with van der Waals surface area (Å²) in [5, 5.41) is 14.0. The molecule has 0 bridgehead atoms. The van der Waals surface area contributed by atoms with Crippen LogP contribution in [0.4, 0.5) is 11.4 Å². The maximum Gasteiger partial charge on any atom is 0.119 e. The van der Waals surface area contributed by atoms with Crippen LogP contribution in [0.15, 0.2) is 48.5 Å². The molecular weight excluding hydrogens is 230 g/mol. The van der Waals surface area contributed by atoms with E-state index in [0.29, 0.717) is 5.69 Å². The molecule has 0 saturated heterocycles. The molecule has 2 aromatic carbocycles. The molecule has 0 unspecified atom stereocenters. The Hall–Kier alpha value is -2.49. The highest BCUT2D eigenvalue weighted by atomic mass is 16.5. The second-order valence-electron chi connectivity index (χ2n) is 3.69. The zero-order valence-corrected chi connectivity index (χ0v) is 9.84. The number of para-hydroxylation sites is 1. The highest BCUT2D eigenvalue weighted by Gasteiger charge is 2.02. The van der Waals surface area contributed by atoms with Gasteiger partial charge in [0, 0.05) is 16.9 Å². The average molecular weight is 242 g/mol. The van der Waals surface area contributed by atoms with Gasteiger partial charge in [-0.3, -0.25) is 0 Å². The molecular formula is C14H12NO3-. The van der Waals surface area contributed by atoms with E-state index in [1.807, 2.05) is 12.1 Å². The number of rotatable bonds is 4. The maximum atomic E-state index is 10.9. The summed E-state index contributed by atoms with van der Waals surface area (Å²) < 4.78 is 5.05. The van der Waals surface area contributed by atoms with Gasteiger partial charge in [0.05, 0.1) is 13.1 Å². The topological polar surface area (TPSA) is 61.4 Å². The van der Waals surface area contributed by atoms with E-state index in [2.05, 4.69) is 5.32 Å². The van der Waals surface area contributed by atoms with E-state index in [1.165, 1.54) is 6.07 Å². The lowest BCUT2D eigenvalue weighted by Crippen LogP contribution is -2.23. The molecule has 0 aliphatic carbocycles. The van der Waals surface area contributed by atoms with Crippen LogP contribution in [0.5, 0.6) is 5.75 Å². The summed E-state index contributed by atoms with van der Waals surface area (Å²) >= 11 is 0. The summed E-state index contributed by atoms with van der Waals surface area (Å²) in [6.07, 6.45) is 0. The third-order valence-electron chi connectivity index (χ3n) is 2.52. The molecule has 92 valence electrons. The zero-order chi connectivity index (χ0) is 13.0. The highest BCUT2D eigenvalue weighted by Crippen LogP contribution is 2.22. The van der Waals surface area contributed by atoms with Gasteiger partial charge in [-0.1, -0.05) is 18.2 Å². The number of hydrogen-bond donors (Lipinski definition) is 1. The fourth-order valence-electron chi connectivity index (χ4n) is 1.60. The molecule has 0 aliphatic rings. The van der Waals surface area contributed by atoms with Crippen LogP contribution in [0.1, 0.15) is 10.4 Å². The number of carboxylic acid groups (broad SMARTS) is 1. The van der Waals surface area contributed by atoms with Crippen molar-refractivity contribution in [2.75, 3.05) is 12.4 Å². The minimum atomic E-state index is -1.20. The first kappa shape index (κ1) is 12.0. The van der Waals surface area contributed by atoms with Crippen molar-refractivity contribution in [3.05, 3.63) is 54.1 Å². The highest BCUT2D eigenvalue weighted by molar-refractivity contribution is 5.93. The van der Waals surface area contributed by atoms with Crippen molar-refractivity contribution in [1.82, 2.24) is 0 Å². The minimum Gasteiger partial charge on any atom is -0.545 e. The molecule has 0 heterocycles. The Morgan fingerprint density at radius 3 is 2.39 bits per heavy atom. The van der Waals surface area contributed by atoms with Crippen molar-refractivity contribution in [2.45, 2.75) is 0 Å². The predicted molar refractivity (Wildman–Crippen MR) is 67.0 cm³/mol. The van der Waals surface area contributed by atoms with Gasteiger partial charge in [-0.15, -0.1) is 0 Å². The molecule has 0 saturated carbocycles. The molecule has 0 aliphatic heterocycles. The molecule has 0 radical (unpaired) electrons. The fraction of sp³-hybridized carbons (Fsp3) is 0.0714. The summed E-state index contributed by atoms with van der Waals surface area (Å²) in [6, 6.07) is 13.8. The maximum absolute atomic E-state index is 10.9. The Balaban J connectivity index is 2.25. The number of carbonyl (C=O) groups excluding carboxylic acids is 1. The van der Waals surface area contributed by atoms with Crippen LogP contribution in [0.25, 0.3) is 0 Å². The lowest BCUT2D eigenvalue weighted by Gasteiger charge is -2.12. The monoisotopic (exact) mass is 242 g/mol. The molecule has 1 N–H and O–H groups in total. The van der Waals surface area contributed by atoms with Crippen LogP contribution in [0.2, 0.25) is 0 Å². The predicted octanol–water partition coefficient (Wildman–Crippen LogP) is 1.80. The van der Waals surface area contributed by atoms with Gasteiger partial charge in [-0.25, -0.2) is 0 Å². The van der Waals surface area contributed by atoms with Crippen molar-refractivity contribution < 1.29 is 14.6 Å². The van der Waals surface area contributed by atoms with Crippen LogP contribution in [-0.4, -0.2) is 13.1 Å². The lowest BCUT2D eigenvalue weighted by molar-refractivity contribution is -0.254. The van der Waals surface area contributed by atoms with E-state index in [9.17, 15) is 9.90 Å². The van der Waals surface area contributed by atoms with Crippen LogP contribution < -0.4 is 15.2 Å². The van der Waals surface area contributed by atoms with Gasteiger partial charge in [0.2, 0.25) is 0 Å². The largest absolute Gasteiger partial charge is 0.545 e. The summed E-state index contributed by atoms with van der Waals surface area (Å²) in [6.45, 7) is 0. The van der Waals surface area contributed by atoms with Gasteiger partial charge in [0.25, 0.3) is 0 Å². The van der Waals surface area contributed by atoms with E-state index < -0.39 is 5.97 Å². The van der Waals surface area contributed by atoms with E-state index in [4.69, 9.17) is 4.74 Å². The number of carbonyl (C=O) groups is 1. The summed E-state index contributed by atoms with van der Waals surface area (Å²) in [4.78, 5) is 10.9. The summed E-state index contributed by atoms with van der Waals surface area (Å²) in [5.41, 5.74) is 1.42. The van der Waals surface area contributed by atoms with Gasteiger partial charge in [0.1, 0.15) is 5.75 Å². The molecule has 18 heavy (non-hydrogen) atoms. The van der Waals surface area contributed by atoms with Crippen molar-refractivity contribution in [2.24, 2.45) is 0 Å². The van der Waals surface area contributed by atoms with Gasteiger partial charge >= 0.3 is 0 Å². The standard InChI is InChI=1S/C14H13NO3/c1-18-11-8-6-10(7-9-11)15-13-5-3-2-4-12(13)14(16)17/h2-9,15H,1H3,(H,16,17)/p-1. The number of benzene rings is 2. The third-order valence-corrected chi connectivity index (χ3v) is 2.52. The van der Waals surface area contributed by atoms with Crippen molar-refractivity contribution in [1.29, 1.82) is 0 Å². The van der Waals surface area contributed by atoms with Crippen molar-refractivity contribution in [3.63, 3.8) is 0 Å². The third kappa shape index (κ3) is 2.60. The zero-order valence-electron chi connectivity index (χ0n) is 9.84. The number of hydrogen-bond acceptors (Lipinski definition) is 4. The van der Waals surface area contributed by atoms with Gasteiger partial charge < -0.3 is 20.0 Å². The first-order chi connectivity index (χ1) is 8.70. The number of aromatic carboxylic acids is 1. The van der Waals surface area contributed by atoms with Gasteiger partial charge in [-0.2, -0.15) is 0 Å².